The monoisotopic (exact) mass is 310 g/mol. The van der Waals surface area contributed by atoms with Crippen molar-refractivity contribution in [2.45, 2.75) is 37.6 Å². The summed E-state index contributed by atoms with van der Waals surface area (Å²) in [5.74, 6) is -0.695. The van der Waals surface area contributed by atoms with E-state index in [-0.39, 0.29) is 30.8 Å². The molecule has 3 rings (SSSR count). The van der Waals surface area contributed by atoms with E-state index in [4.69, 9.17) is 0 Å². The van der Waals surface area contributed by atoms with Crippen LogP contribution in [0.4, 0.5) is 13.2 Å². The Morgan fingerprint density at radius 2 is 2.15 bits per heavy atom. The van der Waals surface area contributed by atoms with E-state index in [1.165, 1.54) is 6.20 Å². The Bertz CT molecular complexity index is 524. The number of aromatic nitrogens is 2. The summed E-state index contributed by atoms with van der Waals surface area (Å²) >= 11 is 0. The van der Waals surface area contributed by atoms with Crippen molar-refractivity contribution < 1.29 is 18.0 Å². The predicted molar refractivity (Wildman–Crippen MR) is 66.7 cm³/mol. The first-order chi connectivity index (χ1) is 8.93. The first kappa shape index (κ1) is 15.1. The SMILES string of the molecule is Cl.O=C(NC1(C(F)(F)F)CC1)c1cnn2c1CNCC2. The summed E-state index contributed by atoms with van der Waals surface area (Å²) in [4.78, 5) is 12.0. The molecule has 0 aromatic carbocycles. The maximum atomic E-state index is 12.8. The van der Waals surface area contributed by atoms with Gasteiger partial charge in [0, 0.05) is 13.1 Å². The predicted octanol–water partition coefficient (Wildman–Crippen LogP) is 1.23. The van der Waals surface area contributed by atoms with Gasteiger partial charge in [-0.25, -0.2) is 0 Å². The van der Waals surface area contributed by atoms with Gasteiger partial charge in [-0.2, -0.15) is 18.3 Å². The molecule has 1 aliphatic heterocycles. The molecular formula is C11H14ClF3N4O. The molecule has 1 aromatic rings. The van der Waals surface area contributed by atoms with Crippen LogP contribution in [0.2, 0.25) is 0 Å². The van der Waals surface area contributed by atoms with Crippen LogP contribution in [0.1, 0.15) is 28.9 Å². The molecule has 2 N–H and O–H groups in total. The first-order valence-electron chi connectivity index (χ1n) is 6.08. The van der Waals surface area contributed by atoms with E-state index in [0.717, 1.165) is 6.54 Å². The molecule has 5 nitrogen and oxygen atoms in total. The van der Waals surface area contributed by atoms with Crippen LogP contribution < -0.4 is 10.6 Å². The summed E-state index contributed by atoms with van der Waals surface area (Å²) in [6, 6.07) is 0. The van der Waals surface area contributed by atoms with Crippen LogP contribution in [0.5, 0.6) is 0 Å². The number of fused-ring (bicyclic) bond motifs is 1. The Balaban J connectivity index is 0.00000147. The molecule has 1 fully saturated rings. The van der Waals surface area contributed by atoms with E-state index in [0.29, 0.717) is 18.8 Å². The zero-order valence-electron chi connectivity index (χ0n) is 10.5. The number of halogens is 4. The van der Waals surface area contributed by atoms with Gasteiger partial charge in [0.15, 0.2) is 0 Å². The van der Waals surface area contributed by atoms with Gasteiger partial charge in [0.25, 0.3) is 5.91 Å². The third-order valence-electron chi connectivity index (χ3n) is 3.63. The van der Waals surface area contributed by atoms with Crippen LogP contribution in [0.15, 0.2) is 6.20 Å². The minimum Gasteiger partial charge on any atom is -0.338 e. The molecular weight excluding hydrogens is 297 g/mol. The molecule has 0 unspecified atom stereocenters. The summed E-state index contributed by atoms with van der Waals surface area (Å²) in [5, 5.41) is 9.21. The van der Waals surface area contributed by atoms with E-state index in [9.17, 15) is 18.0 Å². The highest BCUT2D eigenvalue weighted by atomic mass is 35.5. The first-order valence-corrected chi connectivity index (χ1v) is 6.08. The number of carbonyl (C=O) groups excluding carboxylic acids is 1. The summed E-state index contributed by atoms with van der Waals surface area (Å²) in [6.07, 6.45) is -3.16. The fourth-order valence-electron chi connectivity index (χ4n) is 2.26. The number of amides is 1. The lowest BCUT2D eigenvalue weighted by atomic mass is 10.1. The number of carbonyl (C=O) groups is 1. The Kier molecular flexibility index (Phi) is 3.72. The molecule has 1 aromatic heterocycles. The van der Waals surface area contributed by atoms with Crippen molar-refractivity contribution >= 4 is 18.3 Å². The minimum absolute atomic E-state index is 0. The van der Waals surface area contributed by atoms with E-state index in [2.05, 4.69) is 15.7 Å². The standard InChI is InChI=1S/C11H13F3N4O.ClH/c12-11(13,14)10(1-2-10)17-9(19)7-5-16-18-4-3-15-6-8(7)18;/h5,15H,1-4,6H2,(H,17,19);1H. The van der Waals surface area contributed by atoms with Gasteiger partial charge < -0.3 is 10.6 Å². The Hall–Kier alpha value is -1.28. The molecule has 0 spiro atoms. The largest absolute Gasteiger partial charge is 0.411 e. The van der Waals surface area contributed by atoms with Crippen molar-refractivity contribution in [3.8, 4) is 0 Å². The molecule has 2 aliphatic rings. The molecule has 1 amide bonds. The highest BCUT2D eigenvalue weighted by Gasteiger charge is 2.64. The van der Waals surface area contributed by atoms with Gasteiger partial charge in [-0.15, -0.1) is 12.4 Å². The molecule has 9 heteroatoms. The van der Waals surface area contributed by atoms with Gasteiger partial charge in [0.2, 0.25) is 0 Å². The van der Waals surface area contributed by atoms with Crippen LogP contribution in [0.3, 0.4) is 0 Å². The average Bonchev–Trinajstić information content (AvgIpc) is 3.01. The molecule has 0 atom stereocenters. The molecule has 112 valence electrons. The number of hydrogen-bond donors (Lipinski definition) is 2. The van der Waals surface area contributed by atoms with Gasteiger partial charge in [-0.1, -0.05) is 0 Å². The van der Waals surface area contributed by atoms with Gasteiger partial charge >= 0.3 is 6.18 Å². The number of nitrogens with zero attached hydrogens (tertiary/aromatic N) is 2. The fourth-order valence-corrected chi connectivity index (χ4v) is 2.26. The third kappa shape index (κ3) is 2.37. The maximum absolute atomic E-state index is 12.8. The molecule has 0 bridgehead atoms. The van der Waals surface area contributed by atoms with Gasteiger partial charge in [0.1, 0.15) is 5.54 Å². The Morgan fingerprint density at radius 3 is 2.75 bits per heavy atom. The quantitative estimate of drug-likeness (QED) is 0.864. The minimum atomic E-state index is -4.39. The zero-order valence-corrected chi connectivity index (χ0v) is 11.3. The van der Waals surface area contributed by atoms with E-state index >= 15 is 0 Å². The topological polar surface area (TPSA) is 59.0 Å². The van der Waals surface area contributed by atoms with Crippen molar-refractivity contribution in [3.63, 3.8) is 0 Å². The molecule has 0 saturated heterocycles. The lowest BCUT2D eigenvalue weighted by molar-refractivity contribution is -0.163. The average molecular weight is 311 g/mol. The van der Waals surface area contributed by atoms with Crippen molar-refractivity contribution in [1.29, 1.82) is 0 Å². The van der Waals surface area contributed by atoms with Crippen molar-refractivity contribution in [2.75, 3.05) is 6.54 Å². The second-order valence-corrected chi connectivity index (χ2v) is 4.94. The highest BCUT2D eigenvalue weighted by molar-refractivity contribution is 5.96. The van der Waals surface area contributed by atoms with Crippen molar-refractivity contribution in [1.82, 2.24) is 20.4 Å². The lowest BCUT2D eigenvalue weighted by Gasteiger charge is -2.21. The smallest absolute Gasteiger partial charge is 0.338 e. The van der Waals surface area contributed by atoms with Crippen LogP contribution in [0.25, 0.3) is 0 Å². The maximum Gasteiger partial charge on any atom is 0.411 e. The van der Waals surface area contributed by atoms with Gasteiger partial charge in [0.05, 0.1) is 24.0 Å². The van der Waals surface area contributed by atoms with Crippen LogP contribution in [0, 0.1) is 0 Å². The molecule has 1 aliphatic carbocycles. The number of rotatable bonds is 2. The third-order valence-corrected chi connectivity index (χ3v) is 3.63. The summed E-state index contributed by atoms with van der Waals surface area (Å²) in [7, 11) is 0. The molecule has 2 heterocycles. The van der Waals surface area contributed by atoms with Crippen LogP contribution in [-0.4, -0.2) is 33.9 Å². The number of nitrogens with one attached hydrogen (secondary N) is 2. The van der Waals surface area contributed by atoms with Crippen LogP contribution >= 0.6 is 12.4 Å². The van der Waals surface area contributed by atoms with Gasteiger partial charge in [-0.3, -0.25) is 9.48 Å². The number of alkyl halides is 3. The lowest BCUT2D eigenvalue weighted by Crippen LogP contribution is -2.48. The summed E-state index contributed by atoms with van der Waals surface area (Å²) in [6.45, 7) is 1.80. The van der Waals surface area contributed by atoms with Crippen molar-refractivity contribution in [3.05, 3.63) is 17.5 Å². The summed E-state index contributed by atoms with van der Waals surface area (Å²) in [5.41, 5.74) is -1.16. The van der Waals surface area contributed by atoms with E-state index in [1.54, 1.807) is 4.68 Å². The Labute approximate surface area is 119 Å². The highest BCUT2D eigenvalue weighted by Crippen LogP contribution is 2.49. The number of hydrogen-bond acceptors (Lipinski definition) is 3. The molecule has 20 heavy (non-hydrogen) atoms. The Morgan fingerprint density at radius 1 is 1.45 bits per heavy atom. The normalized spacial score (nSPS) is 19.8. The zero-order chi connectivity index (χ0) is 13.7. The summed E-state index contributed by atoms with van der Waals surface area (Å²) < 4.78 is 40.0. The molecule has 1 saturated carbocycles. The van der Waals surface area contributed by atoms with Crippen LogP contribution in [-0.2, 0) is 13.1 Å². The van der Waals surface area contributed by atoms with Gasteiger partial charge in [-0.05, 0) is 12.8 Å². The van der Waals surface area contributed by atoms with E-state index in [1.807, 2.05) is 0 Å². The second-order valence-electron chi connectivity index (χ2n) is 4.94. The molecule has 0 radical (unpaired) electrons. The van der Waals surface area contributed by atoms with Crippen molar-refractivity contribution in [2.24, 2.45) is 0 Å². The fraction of sp³-hybridized carbons (Fsp3) is 0.636. The van der Waals surface area contributed by atoms with E-state index < -0.39 is 17.6 Å². The second kappa shape index (κ2) is 4.92.